The van der Waals surface area contributed by atoms with Crippen molar-refractivity contribution in [3.05, 3.63) is 47.5 Å². The first-order valence-corrected chi connectivity index (χ1v) is 6.45. The molecule has 0 aliphatic carbocycles. The van der Waals surface area contributed by atoms with Gasteiger partial charge in [-0.1, -0.05) is 12.1 Å². The molecule has 0 aromatic heterocycles. The van der Waals surface area contributed by atoms with Crippen LogP contribution in [0.15, 0.2) is 36.4 Å². The van der Waals surface area contributed by atoms with Crippen molar-refractivity contribution < 1.29 is 29.2 Å². The number of aromatic hydroxyl groups is 2. The molecule has 0 unspecified atom stereocenters. The van der Waals surface area contributed by atoms with Gasteiger partial charge in [0.15, 0.2) is 11.5 Å². The number of esters is 1. The molecule has 0 atom stereocenters. The summed E-state index contributed by atoms with van der Waals surface area (Å²) in [6.45, 7) is 0.0762. The summed E-state index contributed by atoms with van der Waals surface area (Å²) in [4.78, 5) is 12.0. The van der Waals surface area contributed by atoms with Gasteiger partial charge in [-0.25, -0.2) is 4.79 Å². The van der Waals surface area contributed by atoms with Crippen molar-refractivity contribution in [2.24, 2.45) is 0 Å². The van der Waals surface area contributed by atoms with E-state index >= 15 is 0 Å². The third kappa shape index (κ3) is 3.41. The zero-order valence-electron chi connectivity index (χ0n) is 12.2. The molecule has 2 aromatic carbocycles. The number of phenols is 2. The smallest absolute Gasteiger partial charge is 0.338 e. The monoisotopic (exact) mass is 304 g/mol. The van der Waals surface area contributed by atoms with Crippen LogP contribution in [0.1, 0.15) is 15.9 Å². The molecule has 0 saturated carbocycles. The fraction of sp³-hybridized carbons (Fsp3) is 0.188. The second-order valence-corrected chi connectivity index (χ2v) is 4.47. The molecule has 0 amide bonds. The second kappa shape index (κ2) is 6.71. The van der Waals surface area contributed by atoms with E-state index in [0.717, 1.165) is 11.6 Å². The molecule has 0 aliphatic heterocycles. The molecule has 2 N–H and O–H groups in total. The highest BCUT2D eigenvalue weighted by molar-refractivity contribution is 5.91. The Hall–Kier alpha value is -2.89. The number of benzene rings is 2. The van der Waals surface area contributed by atoms with Crippen LogP contribution in [0, 0.1) is 0 Å². The molecule has 0 saturated heterocycles. The van der Waals surface area contributed by atoms with E-state index < -0.39 is 17.5 Å². The van der Waals surface area contributed by atoms with Crippen LogP contribution >= 0.6 is 0 Å². The number of hydrogen-bond donors (Lipinski definition) is 2. The minimum Gasteiger partial charge on any atom is -0.504 e. The van der Waals surface area contributed by atoms with E-state index in [-0.39, 0.29) is 17.9 Å². The van der Waals surface area contributed by atoms with Gasteiger partial charge in [-0.05, 0) is 29.8 Å². The molecule has 0 spiro atoms. The Morgan fingerprint density at radius 2 is 1.73 bits per heavy atom. The third-order valence-corrected chi connectivity index (χ3v) is 3.04. The maximum Gasteiger partial charge on any atom is 0.338 e. The van der Waals surface area contributed by atoms with Gasteiger partial charge in [-0.15, -0.1) is 0 Å². The van der Waals surface area contributed by atoms with Gasteiger partial charge in [0, 0.05) is 0 Å². The lowest BCUT2D eigenvalue weighted by atomic mass is 10.2. The summed E-state index contributed by atoms with van der Waals surface area (Å²) in [6, 6.07) is 9.50. The van der Waals surface area contributed by atoms with E-state index in [1.165, 1.54) is 13.2 Å². The fourth-order valence-electron chi connectivity index (χ4n) is 1.82. The Morgan fingerprint density at radius 1 is 1.05 bits per heavy atom. The highest BCUT2D eigenvalue weighted by Crippen LogP contribution is 2.36. The number of hydrogen-bond acceptors (Lipinski definition) is 6. The second-order valence-electron chi connectivity index (χ2n) is 4.47. The number of rotatable bonds is 5. The van der Waals surface area contributed by atoms with Gasteiger partial charge in [0.25, 0.3) is 0 Å². The van der Waals surface area contributed by atoms with Crippen molar-refractivity contribution in [1.29, 1.82) is 0 Å². The van der Waals surface area contributed by atoms with E-state index in [0.29, 0.717) is 5.75 Å². The van der Waals surface area contributed by atoms with Gasteiger partial charge in [0.1, 0.15) is 12.4 Å². The molecule has 116 valence electrons. The molecule has 0 fully saturated rings. The van der Waals surface area contributed by atoms with Crippen LogP contribution in [0.5, 0.6) is 23.0 Å². The molecular weight excluding hydrogens is 288 g/mol. The maximum absolute atomic E-state index is 12.0. The van der Waals surface area contributed by atoms with Crippen molar-refractivity contribution >= 4 is 5.97 Å². The minimum absolute atomic E-state index is 0.00334. The lowest BCUT2D eigenvalue weighted by molar-refractivity contribution is 0.0471. The van der Waals surface area contributed by atoms with Crippen molar-refractivity contribution in [2.45, 2.75) is 6.61 Å². The topological polar surface area (TPSA) is 85.2 Å². The largest absolute Gasteiger partial charge is 0.504 e. The summed E-state index contributed by atoms with van der Waals surface area (Å²) in [7, 11) is 2.89. The number of carbonyl (C=O) groups is 1. The summed E-state index contributed by atoms with van der Waals surface area (Å²) in [5, 5.41) is 19.1. The predicted molar refractivity (Wildman–Crippen MR) is 78.4 cm³/mol. The zero-order chi connectivity index (χ0) is 16.1. The van der Waals surface area contributed by atoms with Crippen LogP contribution in [-0.2, 0) is 11.3 Å². The molecule has 0 aliphatic rings. The maximum atomic E-state index is 12.0. The van der Waals surface area contributed by atoms with Crippen molar-refractivity contribution in [3.63, 3.8) is 0 Å². The quantitative estimate of drug-likeness (QED) is 0.652. The van der Waals surface area contributed by atoms with Gasteiger partial charge >= 0.3 is 5.97 Å². The van der Waals surface area contributed by atoms with Gasteiger partial charge in [-0.2, -0.15) is 0 Å². The molecule has 6 nitrogen and oxygen atoms in total. The van der Waals surface area contributed by atoms with E-state index in [9.17, 15) is 15.0 Å². The van der Waals surface area contributed by atoms with E-state index in [1.54, 1.807) is 31.4 Å². The standard InChI is InChI=1S/C16H16O6/c1-20-12-5-3-10(4-6-12)9-22-16(19)11-7-13(17)15(18)14(8-11)21-2/h3-8,17-18H,9H2,1-2H3. The van der Waals surface area contributed by atoms with Gasteiger partial charge in [0.05, 0.1) is 19.8 Å². The van der Waals surface area contributed by atoms with Crippen LogP contribution in [0.4, 0.5) is 0 Å². The lowest BCUT2D eigenvalue weighted by Gasteiger charge is -2.09. The molecule has 0 radical (unpaired) electrons. The Morgan fingerprint density at radius 3 is 2.32 bits per heavy atom. The molecule has 2 aromatic rings. The summed E-state index contributed by atoms with van der Waals surface area (Å²) in [6.07, 6.45) is 0. The Kier molecular flexibility index (Phi) is 4.73. The summed E-state index contributed by atoms with van der Waals surface area (Å²) in [5.41, 5.74) is 0.879. The fourth-order valence-corrected chi connectivity index (χ4v) is 1.82. The third-order valence-electron chi connectivity index (χ3n) is 3.04. The van der Waals surface area contributed by atoms with Gasteiger partial charge < -0.3 is 24.4 Å². The number of carbonyl (C=O) groups excluding carboxylic acids is 1. The van der Waals surface area contributed by atoms with Crippen LogP contribution in [0.3, 0.4) is 0 Å². The molecule has 2 rings (SSSR count). The lowest BCUT2D eigenvalue weighted by Crippen LogP contribution is -2.05. The first-order valence-electron chi connectivity index (χ1n) is 6.45. The normalized spacial score (nSPS) is 10.1. The SMILES string of the molecule is COc1ccc(COC(=O)c2cc(O)c(O)c(OC)c2)cc1. The summed E-state index contributed by atoms with van der Waals surface area (Å²) < 4.78 is 15.1. The van der Waals surface area contributed by atoms with E-state index in [4.69, 9.17) is 14.2 Å². The van der Waals surface area contributed by atoms with Crippen LogP contribution in [0.2, 0.25) is 0 Å². The first kappa shape index (κ1) is 15.5. The highest BCUT2D eigenvalue weighted by Gasteiger charge is 2.15. The van der Waals surface area contributed by atoms with E-state index in [2.05, 4.69) is 0 Å². The van der Waals surface area contributed by atoms with Gasteiger partial charge in [-0.3, -0.25) is 0 Å². The molecule has 0 bridgehead atoms. The molecule has 6 heteroatoms. The predicted octanol–water partition coefficient (Wildman–Crippen LogP) is 2.47. The number of ether oxygens (including phenoxy) is 3. The number of methoxy groups -OCH3 is 2. The Balaban J connectivity index is 2.07. The average molecular weight is 304 g/mol. The van der Waals surface area contributed by atoms with Crippen LogP contribution in [-0.4, -0.2) is 30.4 Å². The van der Waals surface area contributed by atoms with Gasteiger partial charge in [0.2, 0.25) is 5.75 Å². The number of phenolic OH excluding ortho intramolecular Hbond substituents is 2. The summed E-state index contributed by atoms with van der Waals surface area (Å²) >= 11 is 0. The van der Waals surface area contributed by atoms with Crippen molar-refractivity contribution in [2.75, 3.05) is 14.2 Å². The first-order chi connectivity index (χ1) is 10.5. The minimum atomic E-state index is -0.635. The van der Waals surface area contributed by atoms with Crippen LogP contribution < -0.4 is 9.47 Å². The van der Waals surface area contributed by atoms with E-state index in [1.807, 2.05) is 0 Å². The average Bonchev–Trinajstić information content (AvgIpc) is 2.55. The summed E-state index contributed by atoms with van der Waals surface area (Å²) in [5.74, 6) is -0.797. The Labute approximate surface area is 127 Å². The van der Waals surface area contributed by atoms with Crippen LogP contribution in [0.25, 0.3) is 0 Å². The molecule has 0 heterocycles. The highest BCUT2D eigenvalue weighted by atomic mass is 16.5. The van der Waals surface area contributed by atoms with Crippen molar-refractivity contribution in [1.82, 2.24) is 0 Å². The van der Waals surface area contributed by atoms with Crippen molar-refractivity contribution in [3.8, 4) is 23.0 Å². The molecular formula is C16H16O6. The zero-order valence-corrected chi connectivity index (χ0v) is 12.2. The molecule has 22 heavy (non-hydrogen) atoms. The Bertz CT molecular complexity index is 663.